The minimum Gasteiger partial charge on any atom is -0.489 e. The average Bonchev–Trinajstić information content (AvgIpc) is 2.83. The number of benzene rings is 3. The number of rotatable bonds is 8. The number of primary amides is 1. The van der Waals surface area contributed by atoms with E-state index < -0.39 is 11.5 Å². The number of nitrogens with two attached hydrogens (primary N) is 1. The van der Waals surface area contributed by atoms with Gasteiger partial charge in [0.05, 0.1) is 18.3 Å². The van der Waals surface area contributed by atoms with Crippen LogP contribution in [0.15, 0.2) is 66.7 Å². The molecular weight excluding hydrogens is 474 g/mol. The van der Waals surface area contributed by atoms with Crippen molar-refractivity contribution in [1.82, 2.24) is 0 Å². The van der Waals surface area contributed by atoms with Crippen molar-refractivity contribution in [3.8, 4) is 16.9 Å². The topological polar surface area (TPSA) is 81.8 Å². The number of amides is 1. The molecule has 4 rings (SSSR count). The first-order valence-corrected chi connectivity index (χ1v) is 13.2. The summed E-state index contributed by atoms with van der Waals surface area (Å²) in [5.41, 5.74) is 14.2. The van der Waals surface area contributed by atoms with Crippen LogP contribution in [0.2, 0.25) is 0 Å². The molecule has 1 saturated heterocycles. The van der Waals surface area contributed by atoms with E-state index in [0.717, 1.165) is 35.3 Å². The highest BCUT2D eigenvalue weighted by molar-refractivity contribution is 5.95. The molecule has 1 fully saturated rings. The van der Waals surface area contributed by atoms with Gasteiger partial charge in [-0.05, 0) is 97.7 Å². The standard InChI is InChI=1S/C28H29NO3.C5H12O/c1-18-6-4-7-19(2)28(18)24-9-5-8-22(20(24)3)17-32-23-12-10-21(11-13-23)25(16-27(29)30)26-14-15-31-26;1-4-5(2,3)6/h4-13,16,26H,14-15,17H2,1-3H3,(H2,29,30);6H,4H2,1-3H3/b25-16-;. The molecular formula is C33H41NO4. The monoisotopic (exact) mass is 515 g/mol. The maximum atomic E-state index is 11.4. The van der Waals surface area contributed by atoms with Crippen molar-refractivity contribution >= 4 is 11.5 Å². The lowest BCUT2D eigenvalue weighted by Crippen LogP contribution is -2.29. The van der Waals surface area contributed by atoms with Crippen LogP contribution in [0.25, 0.3) is 16.7 Å². The Labute approximate surface area is 227 Å². The fraction of sp³-hybridized carbons (Fsp3) is 0.364. The van der Waals surface area contributed by atoms with Crippen molar-refractivity contribution in [2.75, 3.05) is 6.61 Å². The molecule has 3 N–H and O–H groups in total. The van der Waals surface area contributed by atoms with E-state index in [1.807, 2.05) is 31.2 Å². The first-order chi connectivity index (χ1) is 18.0. The normalized spacial score (nSPS) is 15.2. The third-order valence-corrected chi connectivity index (χ3v) is 6.99. The summed E-state index contributed by atoms with van der Waals surface area (Å²) in [6, 6.07) is 20.5. The Balaban J connectivity index is 0.000000599. The summed E-state index contributed by atoms with van der Waals surface area (Å²) in [5, 5.41) is 8.83. The zero-order valence-electron chi connectivity index (χ0n) is 23.5. The zero-order valence-corrected chi connectivity index (χ0v) is 23.5. The molecule has 5 nitrogen and oxygen atoms in total. The number of aryl methyl sites for hydroxylation is 2. The number of hydrogen-bond acceptors (Lipinski definition) is 4. The molecule has 0 radical (unpaired) electrons. The molecule has 202 valence electrons. The maximum Gasteiger partial charge on any atom is 0.241 e. The van der Waals surface area contributed by atoms with E-state index in [1.165, 1.54) is 33.9 Å². The van der Waals surface area contributed by atoms with Crippen LogP contribution < -0.4 is 10.5 Å². The van der Waals surface area contributed by atoms with Crippen LogP contribution >= 0.6 is 0 Å². The predicted molar refractivity (Wildman–Crippen MR) is 155 cm³/mol. The van der Waals surface area contributed by atoms with Crippen LogP contribution in [-0.4, -0.2) is 29.3 Å². The van der Waals surface area contributed by atoms with Gasteiger partial charge in [0, 0.05) is 12.5 Å². The number of aliphatic hydroxyl groups is 1. The van der Waals surface area contributed by atoms with E-state index in [1.54, 1.807) is 13.8 Å². The molecule has 1 unspecified atom stereocenters. The minimum atomic E-state index is -0.463. The SMILES string of the molecule is CCC(C)(C)O.Cc1cccc(C)c1-c1cccc(COc2ccc(/C(=C/C(N)=O)C3CCO3)cc2)c1C. The third-order valence-electron chi connectivity index (χ3n) is 6.99. The molecule has 1 amide bonds. The molecule has 1 aliphatic heterocycles. The van der Waals surface area contributed by atoms with Crippen molar-refractivity contribution in [2.45, 2.75) is 72.7 Å². The first-order valence-electron chi connectivity index (χ1n) is 13.2. The molecule has 38 heavy (non-hydrogen) atoms. The summed E-state index contributed by atoms with van der Waals surface area (Å²) < 4.78 is 11.7. The van der Waals surface area contributed by atoms with Gasteiger partial charge in [-0.15, -0.1) is 0 Å². The van der Waals surface area contributed by atoms with Crippen LogP contribution in [0.1, 0.15) is 61.4 Å². The van der Waals surface area contributed by atoms with Crippen molar-refractivity contribution in [1.29, 1.82) is 0 Å². The van der Waals surface area contributed by atoms with Crippen molar-refractivity contribution in [3.63, 3.8) is 0 Å². The summed E-state index contributed by atoms with van der Waals surface area (Å²) >= 11 is 0. The Morgan fingerprint density at radius 3 is 2.13 bits per heavy atom. The highest BCUT2D eigenvalue weighted by atomic mass is 16.5. The second kappa shape index (κ2) is 12.9. The average molecular weight is 516 g/mol. The molecule has 0 bridgehead atoms. The summed E-state index contributed by atoms with van der Waals surface area (Å²) in [4.78, 5) is 11.4. The molecule has 0 aliphatic carbocycles. The van der Waals surface area contributed by atoms with Crippen molar-refractivity contribution in [2.24, 2.45) is 5.73 Å². The number of carbonyl (C=O) groups is 1. The fourth-order valence-electron chi connectivity index (χ4n) is 4.25. The van der Waals surface area contributed by atoms with Crippen molar-refractivity contribution < 1.29 is 19.4 Å². The highest BCUT2D eigenvalue weighted by Gasteiger charge is 2.24. The Hall–Kier alpha value is -3.41. The number of carbonyl (C=O) groups excluding carboxylic acids is 1. The molecule has 0 saturated carbocycles. The molecule has 3 aromatic rings. The lowest BCUT2D eigenvalue weighted by Gasteiger charge is -2.29. The molecule has 0 aromatic heterocycles. The lowest BCUT2D eigenvalue weighted by molar-refractivity contribution is -0.113. The summed E-state index contributed by atoms with van der Waals surface area (Å²) in [7, 11) is 0. The van der Waals surface area contributed by atoms with Gasteiger partial charge in [-0.3, -0.25) is 4.79 Å². The van der Waals surface area contributed by atoms with Gasteiger partial charge in [0.2, 0.25) is 5.91 Å². The number of ether oxygens (including phenoxy) is 2. The van der Waals surface area contributed by atoms with E-state index in [2.05, 4.69) is 57.2 Å². The van der Waals surface area contributed by atoms with Gasteiger partial charge in [0.1, 0.15) is 12.4 Å². The molecule has 3 aromatic carbocycles. The third kappa shape index (κ3) is 7.80. The second-order valence-corrected chi connectivity index (χ2v) is 10.5. The summed E-state index contributed by atoms with van der Waals surface area (Å²) in [6.45, 7) is 13.2. The van der Waals surface area contributed by atoms with E-state index in [4.69, 9.17) is 20.3 Å². The Morgan fingerprint density at radius 2 is 1.63 bits per heavy atom. The Kier molecular flexibility index (Phi) is 9.90. The smallest absolute Gasteiger partial charge is 0.241 e. The second-order valence-electron chi connectivity index (χ2n) is 10.5. The molecule has 1 atom stereocenters. The first kappa shape index (κ1) is 29.2. The van der Waals surface area contributed by atoms with E-state index in [-0.39, 0.29) is 6.10 Å². The molecule has 5 heteroatoms. The minimum absolute atomic E-state index is 0.0652. The van der Waals surface area contributed by atoms with Crippen LogP contribution in [0.5, 0.6) is 5.75 Å². The van der Waals surface area contributed by atoms with Gasteiger partial charge < -0.3 is 20.3 Å². The van der Waals surface area contributed by atoms with Gasteiger partial charge in [-0.25, -0.2) is 0 Å². The van der Waals surface area contributed by atoms with E-state index in [0.29, 0.717) is 13.2 Å². The molecule has 1 aliphatic rings. The summed E-state index contributed by atoms with van der Waals surface area (Å²) in [5.74, 6) is 0.314. The quantitative estimate of drug-likeness (QED) is 0.328. The largest absolute Gasteiger partial charge is 0.489 e. The Bertz CT molecular complexity index is 1240. The van der Waals surface area contributed by atoms with Gasteiger partial charge in [-0.2, -0.15) is 0 Å². The molecule has 0 spiro atoms. The summed E-state index contributed by atoms with van der Waals surface area (Å²) in [6.07, 6.45) is 3.12. The predicted octanol–water partition coefficient (Wildman–Crippen LogP) is 6.68. The van der Waals surface area contributed by atoms with Crippen LogP contribution in [0.4, 0.5) is 0 Å². The van der Waals surface area contributed by atoms with E-state index >= 15 is 0 Å². The van der Waals surface area contributed by atoms with Crippen LogP contribution in [0.3, 0.4) is 0 Å². The van der Waals surface area contributed by atoms with E-state index in [9.17, 15) is 4.79 Å². The van der Waals surface area contributed by atoms with Crippen LogP contribution in [0, 0.1) is 20.8 Å². The van der Waals surface area contributed by atoms with Gasteiger partial charge in [0.15, 0.2) is 0 Å². The fourth-order valence-corrected chi connectivity index (χ4v) is 4.25. The van der Waals surface area contributed by atoms with Crippen molar-refractivity contribution in [3.05, 3.63) is 94.6 Å². The molecule has 1 heterocycles. The highest BCUT2D eigenvalue weighted by Crippen LogP contribution is 2.32. The Morgan fingerprint density at radius 1 is 1.05 bits per heavy atom. The number of hydrogen-bond donors (Lipinski definition) is 2. The van der Waals surface area contributed by atoms with Gasteiger partial charge in [-0.1, -0.05) is 55.5 Å². The van der Waals surface area contributed by atoms with Gasteiger partial charge in [0.25, 0.3) is 0 Å². The lowest BCUT2D eigenvalue weighted by atomic mass is 9.91. The zero-order chi connectivity index (χ0) is 27.9. The maximum absolute atomic E-state index is 11.4. The van der Waals surface area contributed by atoms with Crippen LogP contribution in [-0.2, 0) is 16.1 Å². The van der Waals surface area contributed by atoms with Gasteiger partial charge >= 0.3 is 0 Å².